The fourth-order valence-corrected chi connectivity index (χ4v) is 3.21. The molecule has 6 heteroatoms. The molecule has 1 aliphatic rings. The summed E-state index contributed by atoms with van der Waals surface area (Å²) < 4.78 is 14.9. The summed E-state index contributed by atoms with van der Waals surface area (Å²) in [7, 11) is 0. The van der Waals surface area contributed by atoms with Gasteiger partial charge in [0.2, 0.25) is 0 Å². The van der Waals surface area contributed by atoms with E-state index in [9.17, 15) is 9.18 Å². The number of halogens is 1. The van der Waals surface area contributed by atoms with Crippen LogP contribution in [0.15, 0.2) is 30.5 Å². The van der Waals surface area contributed by atoms with Crippen LogP contribution in [0.5, 0.6) is 0 Å². The van der Waals surface area contributed by atoms with Crippen LogP contribution in [-0.2, 0) is 11.1 Å². The van der Waals surface area contributed by atoms with Crippen molar-refractivity contribution in [2.24, 2.45) is 0 Å². The van der Waals surface area contributed by atoms with Gasteiger partial charge in [0.25, 0.3) is 5.91 Å². The average Bonchev–Trinajstić information content (AvgIpc) is 3.16. The van der Waals surface area contributed by atoms with Crippen molar-refractivity contribution in [1.29, 1.82) is 0 Å². The van der Waals surface area contributed by atoms with Crippen LogP contribution < -0.4 is 5.32 Å². The Hall–Kier alpha value is -2.24. The Balaban J connectivity index is 1.85. The minimum atomic E-state index is -0.448. The summed E-state index contributed by atoms with van der Waals surface area (Å²) in [5.41, 5.74) is 0.570. The van der Waals surface area contributed by atoms with Gasteiger partial charge in [0.15, 0.2) is 5.69 Å². The Morgan fingerprint density at radius 3 is 2.38 bits per heavy atom. The molecule has 1 aromatic heterocycles. The lowest BCUT2D eigenvalue weighted by Gasteiger charge is -2.30. The van der Waals surface area contributed by atoms with E-state index >= 15 is 0 Å². The number of benzene rings is 1. The Morgan fingerprint density at radius 1 is 1.21 bits per heavy atom. The molecule has 0 unspecified atom stereocenters. The highest BCUT2D eigenvalue weighted by Crippen LogP contribution is 2.39. The zero-order chi connectivity index (χ0) is 17.4. The van der Waals surface area contributed by atoms with Gasteiger partial charge in [-0.25, -0.2) is 9.07 Å². The molecule has 1 aliphatic carbocycles. The van der Waals surface area contributed by atoms with E-state index in [1.807, 2.05) is 20.8 Å². The molecular formula is C18H23FN4O. The quantitative estimate of drug-likeness (QED) is 0.938. The van der Waals surface area contributed by atoms with E-state index in [1.54, 1.807) is 23.0 Å². The summed E-state index contributed by atoms with van der Waals surface area (Å²) in [5, 5.41) is 11.2. The molecule has 1 fully saturated rings. The smallest absolute Gasteiger partial charge is 0.274 e. The molecule has 0 bridgehead atoms. The second kappa shape index (κ2) is 6.00. The molecule has 128 valence electrons. The molecule has 1 N–H and O–H groups in total. The largest absolute Gasteiger partial charge is 0.341 e. The third kappa shape index (κ3) is 3.18. The predicted octanol–water partition coefficient (Wildman–Crippen LogP) is 3.37. The molecule has 3 rings (SSSR count). The average molecular weight is 330 g/mol. The monoisotopic (exact) mass is 330 g/mol. The van der Waals surface area contributed by atoms with Crippen molar-refractivity contribution < 1.29 is 9.18 Å². The van der Waals surface area contributed by atoms with Crippen LogP contribution in [0.3, 0.4) is 0 Å². The van der Waals surface area contributed by atoms with Crippen LogP contribution >= 0.6 is 0 Å². The van der Waals surface area contributed by atoms with E-state index in [-0.39, 0.29) is 17.3 Å². The fourth-order valence-electron chi connectivity index (χ4n) is 3.21. The molecule has 1 saturated carbocycles. The van der Waals surface area contributed by atoms with Crippen LogP contribution in [0.2, 0.25) is 0 Å². The highest BCUT2D eigenvalue weighted by Gasteiger charge is 2.37. The summed E-state index contributed by atoms with van der Waals surface area (Å²) in [6.07, 6.45) is 5.43. The second-order valence-corrected chi connectivity index (χ2v) is 7.47. The zero-order valence-electron chi connectivity index (χ0n) is 14.3. The van der Waals surface area contributed by atoms with Crippen molar-refractivity contribution in [2.45, 2.75) is 57.5 Å². The summed E-state index contributed by atoms with van der Waals surface area (Å²) in [4.78, 5) is 12.7. The molecular weight excluding hydrogens is 307 g/mol. The van der Waals surface area contributed by atoms with Gasteiger partial charge < -0.3 is 5.32 Å². The number of nitrogens with zero attached hydrogens (tertiary/aromatic N) is 3. The molecule has 0 radical (unpaired) electrons. The lowest BCUT2D eigenvalue weighted by molar-refractivity contribution is 0.0893. The van der Waals surface area contributed by atoms with Crippen molar-refractivity contribution in [1.82, 2.24) is 20.3 Å². The molecule has 0 aliphatic heterocycles. The van der Waals surface area contributed by atoms with Crippen molar-refractivity contribution >= 4 is 5.91 Å². The molecule has 1 aromatic carbocycles. The third-order valence-corrected chi connectivity index (χ3v) is 4.62. The fraction of sp³-hybridized carbons (Fsp3) is 0.500. The molecule has 0 atom stereocenters. The zero-order valence-corrected chi connectivity index (χ0v) is 14.3. The molecule has 0 saturated heterocycles. The van der Waals surface area contributed by atoms with E-state index < -0.39 is 5.54 Å². The number of carbonyl (C=O) groups is 1. The number of hydrogen-bond donors (Lipinski definition) is 1. The summed E-state index contributed by atoms with van der Waals surface area (Å²) >= 11 is 0. The normalized spacial score (nSPS) is 17.0. The first-order valence-electron chi connectivity index (χ1n) is 8.32. The Bertz CT molecular complexity index is 724. The first kappa shape index (κ1) is 16.6. The van der Waals surface area contributed by atoms with Crippen LogP contribution in [0.4, 0.5) is 4.39 Å². The highest BCUT2D eigenvalue weighted by atomic mass is 19.1. The van der Waals surface area contributed by atoms with E-state index in [4.69, 9.17) is 0 Å². The molecule has 2 aromatic rings. The van der Waals surface area contributed by atoms with Gasteiger partial charge in [0, 0.05) is 0 Å². The van der Waals surface area contributed by atoms with E-state index in [1.165, 1.54) is 12.1 Å². The Morgan fingerprint density at radius 2 is 1.83 bits per heavy atom. The standard InChI is InChI=1S/C18H23FN4O/c1-17(2,3)23-12-15(21-22-23)16(24)20-18(10-4-5-11-18)13-6-8-14(19)9-7-13/h6-9,12H,4-5,10-11H2,1-3H3,(H,20,24). The first-order valence-corrected chi connectivity index (χ1v) is 8.32. The van der Waals surface area contributed by atoms with E-state index in [0.717, 1.165) is 31.2 Å². The van der Waals surface area contributed by atoms with Crippen molar-refractivity contribution in [3.63, 3.8) is 0 Å². The molecule has 0 spiro atoms. The second-order valence-electron chi connectivity index (χ2n) is 7.47. The lowest BCUT2D eigenvalue weighted by Crippen LogP contribution is -2.44. The molecule has 5 nitrogen and oxygen atoms in total. The summed E-state index contributed by atoms with van der Waals surface area (Å²) in [6.45, 7) is 6.00. The van der Waals surface area contributed by atoms with Gasteiger partial charge >= 0.3 is 0 Å². The number of hydrogen-bond acceptors (Lipinski definition) is 3. The van der Waals surface area contributed by atoms with E-state index in [0.29, 0.717) is 5.69 Å². The number of nitrogens with one attached hydrogen (secondary N) is 1. The van der Waals surface area contributed by atoms with Crippen molar-refractivity contribution in [3.8, 4) is 0 Å². The van der Waals surface area contributed by atoms with Crippen molar-refractivity contribution in [2.75, 3.05) is 0 Å². The van der Waals surface area contributed by atoms with E-state index in [2.05, 4.69) is 15.6 Å². The Kier molecular flexibility index (Phi) is 4.15. The Labute approximate surface area is 141 Å². The lowest BCUT2D eigenvalue weighted by atomic mass is 9.88. The predicted molar refractivity (Wildman–Crippen MR) is 89.0 cm³/mol. The van der Waals surface area contributed by atoms with Gasteiger partial charge in [-0.05, 0) is 51.3 Å². The topological polar surface area (TPSA) is 59.8 Å². The van der Waals surface area contributed by atoms with Crippen LogP contribution in [0, 0.1) is 5.82 Å². The number of rotatable bonds is 3. The minimum Gasteiger partial charge on any atom is -0.341 e. The van der Waals surface area contributed by atoms with Crippen molar-refractivity contribution in [3.05, 3.63) is 47.5 Å². The number of aromatic nitrogens is 3. The molecule has 24 heavy (non-hydrogen) atoms. The minimum absolute atomic E-state index is 0.229. The maximum Gasteiger partial charge on any atom is 0.274 e. The van der Waals surface area contributed by atoms with Gasteiger partial charge in [-0.1, -0.05) is 30.2 Å². The summed E-state index contributed by atoms with van der Waals surface area (Å²) in [5.74, 6) is -0.511. The molecule has 1 amide bonds. The SMILES string of the molecule is CC(C)(C)n1cc(C(=O)NC2(c3ccc(F)cc3)CCCC2)nn1. The first-order chi connectivity index (χ1) is 11.3. The van der Waals surface area contributed by atoms with Gasteiger partial charge in [0.05, 0.1) is 17.3 Å². The number of carbonyl (C=O) groups excluding carboxylic acids is 1. The van der Waals surface area contributed by atoms with Gasteiger partial charge in [-0.2, -0.15) is 0 Å². The van der Waals surface area contributed by atoms with Crippen LogP contribution in [0.25, 0.3) is 0 Å². The maximum atomic E-state index is 13.2. The maximum absolute atomic E-state index is 13.2. The van der Waals surface area contributed by atoms with Gasteiger partial charge in [-0.3, -0.25) is 4.79 Å². The van der Waals surface area contributed by atoms with Gasteiger partial charge in [0.1, 0.15) is 5.82 Å². The highest BCUT2D eigenvalue weighted by molar-refractivity contribution is 5.92. The van der Waals surface area contributed by atoms with Crippen LogP contribution in [-0.4, -0.2) is 20.9 Å². The molecule has 1 heterocycles. The summed E-state index contributed by atoms with van der Waals surface area (Å²) in [6, 6.07) is 6.40. The number of amides is 1. The van der Waals surface area contributed by atoms with Gasteiger partial charge in [-0.15, -0.1) is 5.10 Å². The van der Waals surface area contributed by atoms with Crippen LogP contribution in [0.1, 0.15) is 62.5 Å². The third-order valence-electron chi connectivity index (χ3n) is 4.62.